The van der Waals surface area contributed by atoms with Crippen LogP contribution in [-0.4, -0.2) is 18.7 Å². The monoisotopic (exact) mass is 195 g/mol. The molecule has 1 unspecified atom stereocenters. The van der Waals surface area contributed by atoms with Crippen LogP contribution >= 0.6 is 11.6 Å². The number of ether oxygens (including phenoxy) is 1. The Morgan fingerprint density at radius 3 is 3.23 bits per heavy atom. The van der Waals surface area contributed by atoms with Crippen molar-refractivity contribution in [1.29, 1.82) is 0 Å². The molecule has 0 bridgehead atoms. The number of halogens is 1. The fourth-order valence-corrected chi connectivity index (χ4v) is 2.03. The van der Waals surface area contributed by atoms with Crippen LogP contribution in [0.4, 0.5) is 5.69 Å². The second-order valence-electron chi connectivity index (χ2n) is 3.98. The van der Waals surface area contributed by atoms with Crippen molar-refractivity contribution in [3.63, 3.8) is 0 Å². The summed E-state index contributed by atoms with van der Waals surface area (Å²) in [6.07, 6.45) is 0. The van der Waals surface area contributed by atoms with Crippen LogP contribution in [-0.2, 0) is 0 Å². The lowest BCUT2D eigenvalue weighted by Gasteiger charge is -2.23. The van der Waals surface area contributed by atoms with E-state index in [1.54, 1.807) is 0 Å². The highest BCUT2D eigenvalue weighted by atomic mass is 35.5. The summed E-state index contributed by atoms with van der Waals surface area (Å²) in [6.45, 7) is 4.09. The first-order valence-electron chi connectivity index (χ1n) is 4.39. The Morgan fingerprint density at radius 2 is 2.38 bits per heavy atom. The van der Waals surface area contributed by atoms with Gasteiger partial charge in [0.25, 0.3) is 0 Å². The molecule has 3 heteroatoms. The number of hydrogen-bond donors (Lipinski definition) is 0. The Bertz CT molecular complexity index is 379. The van der Waals surface area contributed by atoms with Crippen LogP contribution in [0.3, 0.4) is 0 Å². The molecular formula is C10H10ClNO. The molecular weight excluding hydrogens is 186 g/mol. The van der Waals surface area contributed by atoms with Gasteiger partial charge in [0.05, 0.1) is 11.2 Å². The quantitative estimate of drug-likeness (QED) is 0.589. The molecule has 1 aromatic rings. The number of rotatable bonds is 0. The van der Waals surface area contributed by atoms with Crippen molar-refractivity contribution in [2.45, 2.75) is 12.5 Å². The third kappa shape index (κ3) is 0.953. The van der Waals surface area contributed by atoms with Gasteiger partial charge in [0.15, 0.2) is 0 Å². The molecule has 0 saturated carbocycles. The van der Waals surface area contributed by atoms with Crippen molar-refractivity contribution in [3.8, 4) is 5.75 Å². The van der Waals surface area contributed by atoms with Crippen molar-refractivity contribution in [2.24, 2.45) is 0 Å². The number of anilines is 1. The van der Waals surface area contributed by atoms with E-state index in [1.165, 1.54) is 5.69 Å². The second kappa shape index (κ2) is 2.13. The van der Waals surface area contributed by atoms with Crippen molar-refractivity contribution in [1.82, 2.24) is 0 Å². The number of nitrogens with zero attached hydrogens (tertiary/aromatic N) is 1. The molecule has 2 nitrogen and oxygen atoms in total. The van der Waals surface area contributed by atoms with Crippen molar-refractivity contribution < 1.29 is 4.74 Å². The molecule has 0 radical (unpaired) electrons. The third-order valence-corrected chi connectivity index (χ3v) is 3.03. The topological polar surface area (TPSA) is 12.2 Å². The molecule has 13 heavy (non-hydrogen) atoms. The second-order valence-corrected chi connectivity index (χ2v) is 4.42. The molecule has 2 aliphatic rings. The van der Waals surface area contributed by atoms with Gasteiger partial charge < -0.3 is 9.64 Å². The van der Waals surface area contributed by atoms with E-state index in [0.717, 1.165) is 23.9 Å². The number of fused-ring (bicyclic) bond motifs is 3. The minimum atomic E-state index is 0.251. The molecule has 1 atom stereocenters. The predicted octanol–water partition coefficient (Wildman–Crippen LogP) is 2.31. The Kier molecular flexibility index (Phi) is 1.23. The van der Waals surface area contributed by atoms with Crippen molar-refractivity contribution in [2.75, 3.05) is 18.1 Å². The molecule has 68 valence electrons. The lowest BCUT2D eigenvalue weighted by molar-refractivity contribution is 0.277. The van der Waals surface area contributed by atoms with Crippen molar-refractivity contribution >= 4 is 17.3 Å². The lowest BCUT2D eigenvalue weighted by Crippen LogP contribution is -2.27. The summed E-state index contributed by atoms with van der Waals surface area (Å²) in [6, 6.07) is 5.82. The van der Waals surface area contributed by atoms with Crippen LogP contribution in [0.5, 0.6) is 5.75 Å². The summed E-state index contributed by atoms with van der Waals surface area (Å²) in [7, 11) is 0. The van der Waals surface area contributed by atoms with E-state index in [9.17, 15) is 0 Å². The maximum Gasteiger partial charge on any atom is 0.144 e. The van der Waals surface area contributed by atoms with Gasteiger partial charge >= 0.3 is 0 Å². The molecule has 0 aromatic heterocycles. The average Bonchev–Trinajstić information content (AvgIpc) is 2.77. The zero-order valence-electron chi connectivity index (χ0n) is 7.38. The van der Waals surface area contributed by atoms with E-state index in [1.807, 2.05) is 18.2 Å². The van der Waals surface area contributed by atoms with E-state index in [4.69, 9.17) is 16.3 Å². The highest BCUT2D eigenvalue weighted by Gasteiger charge is 2.52. The molecule has 0 aliphatic carbocycles. The number of hydrogen-bond acceptors (Lipinski definition) is 2. The first-order chi connectivity index (χ1) is 6.19. The van der Waals surface area contributed by atoms with Gasteiger partial charge in [0, 0.05) is 17.6 Å². The van der Waals surface area contributed by atoms with Crippen LogP contribution in [0.15, 0.2) is 18.2 Å². The van der Waals surface area contributed by atoms with Crippen molar-refractivity contribution in [3.05, 3.63) is 23.2 Å². The molecule has 1 fully saturated rings. The highest BCUT2D eigenvalue weighted by molar-refractivity contribution is 6.30. The van der Waals surface area contributed by atoms with E-state index in [2.05, 4.69) is 11.8 Å². The summed E-state index contributed by atoms with van der Waals surface area (Å²) in [5.74, 6) is 0.919. The standard InChI is InChI=1S/C10H10ClNO/c1-10-5-12(10)8-3-2-7(11)4-9(8)13-6-10/h2-4H,5-6H2,1H3. The van der Waals surface area contributed by atoms with Crippen LogP contribution in [0, 0.1) is 0 Å². The summed E-state index contributed by atoms with van der Waals surface area (Å²) in [5.41, 5.74) is 1.43. The molecule has 2 heterocycles. The van der Waals surface area contributed by atoms with Gasteiger partial charge in [-0.1, -0.05) is 11.6 Å². The smallest absolute Gasteiger partial charge is 0.144 e. The Hall–Kier alpha value is -0.890. The van der Waals surface area contributed by atoms with Crippen LogP contribution in [0.1, 0.15) is 6.92 Å². The molecule has 3 rings (SSSR count). The third-order valence-electron chi connectivity index (χ3n) is 2.80. The van der Waals surface area contributed by atoms with Crippen LogP contribution < -0.4 is 9.64 Å². The first-order valence-corrected chi connectivity index (χ1v) is 4.77. The van der Waals surface area contributed by atoms with Gasteiger partial charge in [-0.15, -0.1) is 0 Å². The maximum absolute atomic E-state index is 5.87. The van der Waals surface area contributed by atoms with Crippen LogP contribution in [0.2, 0.25) is 5.02 Å². The molecule has 2 aliphatic heterocycles. The summed E-state index contributed by atoms with van der Waals surface area (Å²) in [4.78, 5) is 2.35. The SMILES string of the molecule is CC12COc3cc(Cl)ccc3N1C2. The Morgan fingerprint density at radius 1 is 1.54 bits per heavy atom. The van der Waals surface area contributed by atoms with Gasteiger partial charge in [0.2, 0.25) is 0 Å². The van der Waals surface area contributed by atoms with Crippen LogP contribution in [0.25, 0.3) is 0 Å². The zero-order valence-corrected chi connectivity index (χ0v) is 8.14. The highest BCUT2D eigenvalue weighted by Crippen LogP contribution is 2.47. The molecule has 0 amide bonds. The van der Waals surface area contributed by atoms with E-state index < -0.39 is 0 Å². The number of benzene rings is 1. The minimum Gasteiger partial charge on any atom is -0.489 e. The zero-order chi connectivity index (χ0) is 9.05. The Labute approximate surface area is 82.1 Å². The van der Waals surface area contributed by atoms with Gasteiger partial charge in [-0.05, 0) is 19.1 Å². The van der Waals surface area contributed by atoms with E-state index in [-0.39, 0.29) is 5.54 Å². The molecule has 1 saturated heterocycles. The molecule has 0 N–H and O–H groups in total. The largest absolute Gasteiger partial charge is 0.489 e. The van der Waals surface area contributed by atoms with Gasteiger partial charge in [-0.3, -0.25) is 0 Å². The molecule has 0 spiro atoms. The Balaban J connectivity index is 2.10. The van der Waals surface area contributed by atoms with Gasteiger partial charge in [0.1, 0.15) is 12.4 Å². The average molecular weight is 196 g/mol. The summed E-state index contributed by atoms with van der Waals surface area (Å²) >= 11 is 5.87. The fraction of sp³-hybridized carbons (Fsp3) is 0.400. The molecule has 1 aromatic carbocycles. The summed E-state index contributed by atoms with van der Waals surface area (Å²) < 4.78 is 5.64. The van der Waals surface area contributed by atoms with Gasteiger partial charge in [-0.25, -0.2) is 0 Å². The van der Waals surface area contributed by atoms with E-state index in [0.29, 0.717) is 0 Å². The maximum atomic E-state index is 5.87. The first kappa shape index (κ1) is 7.51. The normalized spacial score (nSPS) is 28.9. The van der Waals surface area contributed by atoms with E-state index >= 15 is 0 Å². The van der Waals surface area contributed by atoms with Gasteiger partial charge in [-0.2, -0.15) is 0 Å². The summed E-state index contributed by atoms with van der Waals surface area (Å²) in [5, 5.41) is 0.740. The fourth-order valence-electron chi connectivity index (χ4n) is 1.86. The predicted molar refractivity (Wildman–Crippen MR) is 52.7 cm³/mol. The lowest BCUT2D eigenvalue weighted by atomic mass is 10.2. The minimum absolute atomic E-state index is 0.251.